The first-order valence-electron chi connectivity index (χ1n) is 5.65. The van der Waals surface area contributed by atoms with Gasteiger partial charge in [0.2, 0.25) is 0 Å². The van der Waals surface area contributed by atoms with Gasteiger partial charge in [0.05, 0.1) is 5.33 Å². The SMILES string of the molecule is NC(Cc1c[nH]c2ccccc12)(C(=O)O)C(=O)CBr. The Morgan fingerprint density at radius 2 is 2.05 bits per heavy atom. The maximum atomic E-state index is 11.8. The minimum atomic E-state index is -1.91. The van der Waals surface area contributed by atoms with Crippen molar-refractivity contribution >= 4 is 38.6 Å². The Bertz CT molecular complexity index is 638. The average Bonchev–Trinajstić information content (AvgIpc) is 2.81. The monoisotopic (exact) mass is 324 g/mol. The minimum absolute atomic E-state index is 0.0449. The predicted octanol–water partition coefficient (Wildman–Crippen LogP) is 1.46. The van der Waals surface area contributed by atoms with Gasteiger partial charge in [0, 0.05) is 23.5 Å². The molecule has 2 rings (SSSR count). The molecule has 19 heavy (non-hydrogen) atoms. The highest BCUT2D eigenvalue weighted by Gasteiger charge is 2.41. The molecule has 1 aromatic heterocycles. The Kier molecular flexibility index (Phi) is 3.73. The highest BCUT2D eigenvalue weighted by atomic mass is 79.9. The van der Waals surface area contributed by atoms with Gasteiger partial charge in [-0.15, -0.1) is 0 Å². The van der Waals surface area contributed by atoms with Crippen molar-refractivity contribution in [2.45, 2.75) is 12.0 Å². The summed E-state index contributed by atoms with van der Waals surface area (Å²) in [6.07, 6.45) is 1.65. The zero-order valence-electron chi connectivity index (χ0n) is 10.0. The van der Waals surface area contributed by atoms with E-state index in [1.54, 1.807) is 6.20 Å². The van der Waals surface area contributed by atoms with Crippen molar-refractivity contribution < 1.29 is 14.7 Å². The van der Waals surface area contributed by atoms with Gasteiger partial charge in [0.15, 0.2) is 11.3 Å². The molecule has 0 spiro atoms. The van der Waals surface area contributed by atoms with E-state index in [0.717, 1.165) is 16.5 Å². The molecule has 1 aromatic carbocycles. The summed E-state index contributed by atoms with van der Waals surface area (Å²) in [5.74, 6) is -1.87. The summed E-state index contributed by atoms with van der Waals surface area (Å²) in [7, 11) is 0. The molecule has 0 fully saturated rings. The number of benzene rings is 1. The molecule has 0 saturated carbocycles. The van der Waals surface area contributed by atoms with Crippen LogP contribution in [0.3, 0.4) is 0 Å². The second-order valence-corrected chi connectivity index (χ2v) is 4.93. The molecule has 6 heteroatoms. The van der Waals surface area contributed by atoms with Crippen LogP contribution in [0.5, 0.6) is 0 Å². The van der Waals surface area contributed by atoms with Crippen molar-refractivity contribution in [1.29, 1.82) is 0 Å². The molecular formula is C13H13BrN2O3. The molecule has 5 nitrogen and oxygen atoms in total. The number of carbonyl (C=O) groups is 2. The van der Waals surface area contributed by atoms with Gasteiger partial charge in [0.25, 0.3) is 0 Å². The highest BCUT2D eigenvalue weighted by Crippen LogP contribution is 2.22. The topological polar surface area (TPSA) is 96.2 Å². The number of ketones is 1. The number of halogens is 1. The van der Waals surface area contributed by atoms with Crippen molar-refractivity contribution in [1.82, 2.24) is 4.98 Å². The van der Waals surface area contributed by atoms with E-state index in [0.29, 0.717) is 0 Å². The van der Waals surface area contributed by atoms with E-state index in [2.05, 4.69) is 20.9 Å². The number of carboxylic acid groups (broad SMARTS) is 1. The first-order valence-corrected chi connectivity index (χ1v) is 6.77. The largest absolute Gasteiger partial charge is 0.480 e. The number of rotatable bonds is 5. The molecule has 1 heterocycles. The lowest BCUT2D eigenvalue weighted by molar-refractivity contribution is -0.147. The maximum absolute atomic E-state index is 11.8. The molecule has 0 amide bonds. The zero-order valence-corrected chi connectivity index (χ0v) is 11.6. The molecule has 0 aliphatic rings. The fourth-order valence-corrected chi connectivity index (χ4v) is 2.49. The van der Waals surface area contributed by atoms with Crippen molar-refractivity contribution in [3.8, 4) is 0 Å². The van der Waals surface area contributed by atoms with Gasteiger partial charge in [-0.2, -0.15) is 0 Å². The summed E-state index contributed by atoms with van der Waals surface area (Å²) in [5, 5.41) is 10.0. The van der Waals surface area contributed by atoms with Crippen molar-refractivity contribution in [2.75, 3.05) is 5.33 Å². The number of aromatic nitrogens is 1. The highest BCUT2D eigenvalue weighted by molar-refractivity contribution is 9.09. The number of alkyl halides is 1. The number of aromatic amines is 1. The third-order valence-corrected chi connectivity index (χ3v) is 3.65. The van der Waals surface area contributed by atoms with Crippen molar-refractivity contribution in [3.05, 3.63) is 36.0 Å². The van der Waals surface area contributed by atoms with Gasteiger partial charge < -0.3 is 15.8 Å². The molecule has 0 aliphatic carbocycles. The number of para-hydroxylation sites is 1. The third-order valence-electron chi connectivity index (χ3n) is 3.14. The van der Waals surface area contributed by atoms with Crippen LogP contribution in [-0.2, 0) is 16.0 Å². The number of nitrogens with two attached hydrogens (primary N) is 1. The van der Waals surface area contributed by atoms with E-state index in [4.69, 9.17) is 5.73 Å². The second-order valence-electron chi connectivity index (χ2n) is 4.37. The zero-order chi connectivity index (χ0) is 14.0. The molecule has 0 saturated heterocycles. The second kappa shape index (κ2) is 5.14. The van der Waals surface area contributed by atoms with Crippen LogP contribution in [0.2, 0.25) is 0 Å². The smallest absolute Gasteiger partial charge is 0.331 e. The maximum Gasteiger partial charge on any atom is 0.331 e. The van der Waals surface area contributed by atoms with E-state index in [1.807, 2.05) is 24.3 Å². The Labute approximate surface area is 117 Å². The number of carboxylic acids is 1. The van der Waals surface area contributed by atoms with Crippen LogP contribution in [0, 0.1) is 0 Å². The van der Waals surface area contributed by atoms with Crippen molar-refractivity contribution in [3.63, 3.8) is 0 Å². The van der Waals surface area contributed by atoms with E-state index in [1.165, 1.54) is 0 Å². The number of aliphatic carboxylic acids is 1. The standard InChI is InChI=1S/C13H13BrN2O3/c14-6-11(17)13(15,12(18)19)5-8-7-16-10-4-2-1-3-9(8)10/h1-4,7,16H,5-6,15H2,(H,18,19). The number of fused-ring (bicyclic) bond motifs is 1. The fourth-order valence-electron chi connectivity index (χ4n) is 1.99. The summed E-state index contributed by atoms with van der Waals surface area (Å²) < 4.78 is 0. The Balaban J connectivity index is 2.42. The quantitative estimate of drug-likeness (QED) is 0.573. The molecule has 1 atom stereocenters. The number of H-pyrrole nitrogens is 1. The number of hydrogen-bond acceptors (Lipinski definition) is 3. The number of Topliss-reactive ketones (excluding diaryl/α,β-unsaturated/α-hetero) is 1. The van der Waals surface area contributed by atoms with E-state index >= 15 is 0 Å². The van der Waals surface area contributed by atoms with Crippen LogP contribution in [0.4, 0.5) is 0 Å². The van der Waals surface area contributed by atoms with Gasteiger partial charge in [0.1, 0.15) is 0 Å². The Morgan fingerprint density at radius 1 is 1.37 bits per heavy atom. The molecule has 1 unspecified atom stereocenters. The van der Waals surface area contributed by atoms with Gasteiger partial charge >= 0.3 is 5.97 Å². The summed E-state index contributed by atoms with van der Waals surface area (Å²) in [5.41, 5.74) is 5.48. The Hall–Kier alpha value is -1.66. The van der Waals surface area contributed by atoms with Gasteiger partial charge in [-0.25, -0.2) is 4.79 Å². The Morgan fingerprint density at radius 3 is 2.68 bits per heavy atom. The molecule has 100 valence electrons. The first-order chi connectivity index (χ1) is 8.99. The molecule has 0 aliphatic heterocycles. The van der Waals surface area contributed by atoms with Crippen molar-refractivity contribution in [2.24, 2.45) is 5.73 Å². The van der Waals surface area contributed by atoms with Crippen LogP contribution < -0.4 is 5.73 Å². The van der Waals surface area contributed by atoms with Gasteiger partial charge in [-0.05, 0) is 11.6 Å². The van der Waals surface area contributed by atoms with Crippen LogP contribution in [0.1, 0.15) is 5.56 Å². The van der Waals surface area contributed by atoms with E-state index < -0.39 is 17.3 Å². The predicted molar refractivity (Wildman–Crippen MR) is 75.4 cm³/mol. The lowest BCUT2D eigenvalue weighted by atomic mass is 9.88. The summed E-state index contributed by atoms with van der Waals surface area (Å²) >= 11 is 2.97. The van der Waals surface area contributed by atoms with Crippen LogP contribution in [-0.4, -0.2) is 32.7 Å². The number of hydrogen-bond donors (Lipinski definition) is 3. The van der Waals surface area contributed by atoms with Crippen LogP contribution >= 0.6 is 15.9 Å². The summed E-state index contributed by atoms with van der Waals surface area (Å²) in [6, 6.07) is 7.47. The van der Waals surface area contributed by atoms with Gasteiger partial charge in [-0.3, -0.25) is 4.79 Å². The molecule has 0 bridgehead atoms. The third kappa shape index (κ3) is 2.41. The molecule has 4 N–H and O–H groups in total. The number of carbonyl (C=O) groups excluding carboxylic acids is 1. The summed E-state index contributed by atoms with van der Waals surface area (Å²) in [4.78, 5) is 26.1. The molecule has 0 radical (unpaired) electrons. The number of nitrogens with one attached hydrogen (secondary N) is 1. The average molecular weight is 325 g/mol. The van der Waals surface area contributed by atoms with Crippen LogP contribution in [0.25, 0.3) is 10.9 Å². The van der Waals surface area contributed by atoms with E-state index in [9.17, 15) is 14.7 Å². The first kappa shape index (κ1) is 13.8. The molecular weight excluding hydrogens is 312 g/mol. The lowest BCUT2D eigenvalue weighted by Crippen LogP contribution is -2.57. The lowest BCUT2D eigenvalue weighted by Gasteiger charge is -2.21. The normalized spacial score (nSPS) is 14.2. The fraction of sp³-hybridized carbons (Fsp3) is 0.231. The van der Waals surface area contributed by atoms with Gasteiger partial charge in [-0.1, -0.05) is 34.1 Å². The molecule has 2 aromatic rings. The minimum Gasteiger partial charge on any atom is -0.480 e. The van der Waals surface area contributed by atoms with Crippen LogP contribution in [0.15, 0.2) is 30.5 Å². The van der Waals surface area contributed by atoms with E-state index in [-0.39, 0.29) is 11.8 Å². The summed E-state index contributed by atoms with van der Waals surface area (Å²) in [6.45, 7) is 0.